The molecule has 1 fully saturated rings. The van der Waals surface area contributed by atoms with E-state index in [0.717, 1.165) is 31.4 Å². The summed E-state index contributed by atoms with van der Waals surface area (Å²) in [5, 5.41) is 5.93. The number of rotatable bonds is 5. The van der Waals surface area contributed by atoms with E-state index in [-0.39, 0.29) is 23.0 Å². The SMILES string of the molecule is C=C(NC1CCC1)C(F)(F)c1ccc(-c2noc(C(F)(F)F)n2)cc1. The predicted molar refractivity (Wildman–Crippen MR) is 78.5 cm³/mol. The molecule has 1 N–H and O–H groups in total. The molecule has 1 heterocycles. The summed E-state index contributed by atoms with van der Waals surface area (Å²) in [7, 11) is 0. The van der Waals surface area contributed by atoms with Crippen molar-refractivity contribution in [3.63, 3.8) is 0 Å². The molecular weight excluding hydrogens is 345 g/mol. The summed E-state index contributed by atoms with van der Waals surface area (Å²) in [6.07, 6.45) is -2.11. The van der Waals surface area contributed by atoms with Crippen molar-refractivity contribution < 1.29 is 26.5 Å². The molecule has 0 spiro atoms. The lowest BCUT2D eigenvalue weighted by Crippen LogP contribution is -2.39. The van der Waals surface area contributed by atoms with Crippen LogP contribution in [-0.2, 0) is 12.1 Å². The summed E-state index contributed by atoms with van der Waals surface area (Å²) >= 11 is 0. The van der Waals surface area contributed by atoms with Gasteiger partial charge in [0.25, 0.3) is 0 Å². The zero-order chi connectivity index (χ0) is 18.2. The van der Waals surface area contributed by atoms with Gasteiger partial charge in [-0.05, 0) is 19.3 Å². The summed E-state index contributed by atoms with van der Waals surface area (Å²) < 4.78 is 70.3. The second kappa shape index (κ2) is 6.12. The Balaban J connectivity index is 1.77. The summed E-state index contributed by atoms with van der Waals surface area (Å²) in [5.41, 5.74) is -0.590. The number of alkyl halides is 5. The van der Waals surface area contributed by atoms with E-state index in [0.29, 0.717) is 0 Å². The second-order valence-electron chi connectivity index (χ2n) is 5.82. The first kappa shape index (κ1) is 17.4. The predicted octanol–water partition coefficient (Wildman–Crippen LogP) is 4.50. The first-order valence-electron chi connectivity index (χ1n) is 7.53. The Morgan fingerprint density at radius 2 is 1.76 bits per heavy atom. The molecule has 1 aliphatic carbocycles. The number of nitrogens with zero attached hydrogens (tertiary/aromatic N) is 2. The van der Waals surface area contributed by atoms with Crippen molar-refractivity contribution in [2.24, 2.45) is 0 Å². The fourth-order valence-corrected chi connectivity index (χ4v) is 2.35. The molecule has 1 aromatic carbocycles. The van der Waals surface area contributed by atoms with E-state index in [1.165, 1.54) is 12.1 Å². The molecule has 25 heavy (non-hydrogen) atoms. The van der Waals surface area contributed by atoms with Crippen LogP contribution >= 0.6 is 0 Å². The van der Waals surface area contributed by atoms with Crippen LogP contribution in [0.15, 0.2) is 41.1 Å². The van der Waals surface area contributed by atoms with Gasteiger partial charge in [-0.1, -0.05) is 36.0 Å². The van der Waals surface area contributed by atoms with E-state index in [1.807, 2.05) is 0 Å². The van der Waals surface area contributed by atoms with Gasteiger partial charge in [0.05, 0.1) is 5.70 Å². The number of halogens is 5. The number of hydrogen-bond donors (Lipinski definition) is 1. The van der Waals surface area contributed by atoms with Gasteiger partial charge in [0.2, 0.25) is 5.82 Å². The summed E-state index contributed by atoms with van der Waals surface area (Å²) in [6.45, 7) is 3.41. The molecule has 1 saturated carbocycles. The standard InChI is InChI=1S/C16H14F5N3O/c1-9(22-12-3-2-4-12)15(17,18)11-7-5-10(6-8-11)13-23-14(25-24-13)16(19,20)21/h5-8,12,22H,1-4H2. The van der Waals surface area contributed by atoms with Gasteiger partial charge < -0.3 is 9.84 Å². The van der Waals surface area contributed by atoms with Crippen molar-refractivity contribution in [1.82, 2.24) is 15.5 Å². The van der Waals surface area contributed by atoms with Gasteiger partial charge in [-0.3, -0.25) is 0 Å². The molecule has 0 amide bonds. The molecule has 4 nitrogen and oxygen atoms in total. The number of hydrogen-bond acceptors (Lipinski definition) is 4. The van der Waals surface area contributed by atoms with Gasteiger partial charge in [-0.2, -0.15) is 26.9 Å². The molecule has 0 atom stereocenters. The zero-order valence-electron chi connectivity index (χ0n) is 12.9. The van der Waals surface area contributed by atoms with E-state index in [9.17, 15) is 22.0 Å². The lowest BCUT2D eigenvalue weighted by atomic mass is 9.92. The Labute approximate surface area is 139 Å². The van der Waals surface area contributed by atoms with Gasteiger partial charge in [0, 0.05) is 17.2 Å². The molecule has 0 saturated heterocycles. The number of aromatic nitrogens is 2. The lowest BCUT2D eigenvalue weighted by molar-refractivity contribution is -0.159. The van der Waals surface area contributed by atoms with Crippen LogP contribution in [0.25, 0.3) is 11.4 Å². The molecule has 0 aliphatic heterocycles. The van der Waals surface area contributed by atoms with E-state index in [4.69, 9.17) is 0 Å². The van der Waals surface area contributed by atoms with Crippen molar-refractivity contribution in [1.29, 1.82) is 0 Å². The summed E-state index contributed by atoms with van der Waals surface area (Å²) in [4.78, 5) is 3.22. The minimum Gasteiger partial charge on any atom is -0.381 e. The van der Waals surface area contributed by atoms with E-state index >= 15 is 0 Å². The van der Waals surface area contributed by atoms with Crippen LogP contribution in [0.4, 0.5) is 22.0 Å². The summed E-state index contributed by atoms with van der Waals surface area (Å²) in [5.74, 6) is -5.12. The Morgan fingerprint density at radius 1 is 1.12 bits per heavy atom. The van der Waals surface area contributed by atoms with Crippen molar-refractivity contribution in [2.45, 2.75) is 37.4 Å². The molecule has 2 aromatic rings. The molecule has 1 aromatic heterocycles. The molecule has 9 heteroatoms. The molecule has 1 aliphatic rings. The Bertz CT molecular complexity index is 763. The monoisotopic (exact) mass is 359 g/mol. The Kier molecular flexibility index (Phi) is 4.26. The van der Waals surface area contributed by atoms with Crippen LogP contribution in [0.2, 0.25) is 0 Å². The average Bonchev–Trinajstić information content (AvgIpc) is 3.01. The summed E-state index contributed by atoms with van der Waals surface area (Å²) in [6, 6.07) is 4.65. The number of allylic oxidation sites excluding steroid dienone is 1. The Hall–Kier alpha value is -2.45. The lowest BCUT2D eigenvalue weighted by Gasteiger charge is -2.31. The average molecular weight is 359 g/mol. The van der Waals surface area contributed by atoms with Crippen LogP contribution in [0, 0.1) is 0 Å². The highest BCUT2D eigenvalue weighted by Crippen LogP contribution is 2.36. The van der Waals surface area contributed by atoms with Crippen molar-refractivity contribution in [3.05, 3.63) is 48.0 Å². The first-order valence-corrected chi connectivity index (χ1v) is 7.53. The van der Waals surface area contributed by atoms with Crippen molar-refractivity contribution >= 4 is 0 Å². The third-order valence-corrected chi connectivity index (χ3v) is 4.04. The fraction of sp³-hybridized carbons (Fsp3) is 0.375. The molecule has 0 unspecified atom stereocenters. The number of nitrogens with one attached hydrogen (secondary N) is 1. The van der Waals surface area contributed by atoms with E-state index < -0.39 is 23.7 Å². The minimum absolute atomic E-state index is 0.0118. The normalized spacial score (nSPS) is 15.7. The van der Waals surface area contributed by atoms with Crippen LogP contribution in [0.1, 0.15) is 30.7 Å². The van der Waals surface area contributed by atoms with Crippen LogP contribution in [0.5, 0.6) is 0 Å². The first-order chi connectivity index (χ1) is 11.7. The molecule has 0 radical (unpaired) electrons. The largest absolute Gasteiger partial charge is 0.471 e. The third kappa shape index (κ3) is 3.49. The van der Waals surface area contributed by atoms with Crippen LogP contribution in [-0.4, -0.2) is 16.2 Å². The third-order valence-electron chi connectivity index (χ3n) is 4.04. The Morgan fingerprint density at radius 3 is 2.24 bits per heavy atom. The molecule has 0 bridgehead atoms. The van der Waals surface area contributed by atoms with Crippen LogP contribution < -0.4 is 5.32 Å². The molecule has 3 rings (SSSR count). The maximum atomic E-state index is 14.4. The topological polar surface area (TPSA) is 51.0 Å². The minimum atomic E-state index is -4.76. The van der Waals surface area contributed by atoms with Crippen molar-refractivity contribution in [2.75, 3.05) is 0 Å². The number of benzene rings is 1. The van der Waals surface area contributed by atoms with Gasteiger partial charge in [-0.25, -0.2) is 0 Å². The van der Waals surface area contributed by atoms with Crippen molar-refractivity contribution in [3.8, 4) is 11.4 Å². The van der Waals surface area contributed by atoms with Gasteiger partial charge in [-0.15, -0.1) is 0 Å². The van der Waals surface area contributed by atoms with Gasteiger partial charge in [0.1, 0.15) is 0 Å². The molecule has 134 valence electrons. The molecular formula is C16H14F5N3O. The highest BCUT2D eigenvalue weighted by atomic mass is 19.4. The highest BCUT2D eigenvalue weighted by Gasteiger charge is 2.39. The van der Waals surface area contributed by atoms with Gasteiger partial charge >= 0.3 is 18.0 Å². The second-order valence-corrected chi connectivity index (χ2v) is 5.82. The quantitative estimate of drug-likeness (QED) is 0.799. The smallest absolute Gasteiger partial charge is 0.381 e. The highest BCUT2D eigenvalue weighted by molar-refractivity contribution is 5.55. The van der Waals surface area contributed by atoms with Crippen LogP contribution in [0.3, 0.4) is 0 Å². The van der Waals surface area contributed by atoms with E-state index in [2.05, 4.69) is 26.6 Å². The fourth-order valence-electron chi connectivity index (χ4n) is 2.35. The van der Waals surface area contributed by atoms with E-state index in [1.54, 1.807) is 0 Å². The van der Waals surface area contributed by atoms with Gasteiger partial charge in [0.15, 0.2) is 0 Å². The zero-order valence-corrected chi connectivity index (χ0v) is 12.9. The maximum Gasteiger partial charge on any atom is 0.471 e. The maximum absolute atomic E-state index is 14.4.